The van der Waals surface area contributed by atoms with Crippen LogP contribution in [0.4, 0.5) is 39.9 Å². The van der Waals surface area contributed by atoms with Gasteiger partial charge in [0.15, 0.2) is 0 Å². The summed E-state index contributed by atoms with van der Waals surface area (Å²) >= 11 is 0. The van der Waals surface area contributed by atoms with Gasteiger partial charge in [0.2, 0.25) is 0 Å². The Kier molecular flexibility index (Phi) is 10.3. The number of hydrogen-bond donors (Lipinski definition) is 2. The van der Waals surface area contributed by atoms with E-state index < -0.39 is 0 Å². The minimum atomic E-state index is -0.221. The third-order valence-electron chi connectivity index (χ3n) is 11.6. The normalized spacial score (nSPS) is 13.8. The van der Waals surface area contributed by atoms with Crippen molar-refractivity contribution in [2.75, 3.05) is 15.5 Å². The average molecular weight is 771 g/mol. The summed E-state index contributed by atoms with van der Waals surface area (Å²) in [6.45, 7) is 31.6. The predicted octanol–water partition coefficient (Wildman–Crippen LogP) is 15.3. The van der Waals surface area contributed by atoms with E-state index in [1.165, 1.54) is 44.5 Å². The fourth-order valence-electron chi connectivity index (χ4n) is 8.34. The van der Waals surface area contributed by atoms with E-state index in [1.807, 2.05) is 12.3 Å². The minimum Gasteiger partial charge on any atom is -0.457 e. The summed E-state index contributed by atoms with van der Waals surface area (Å²) in [5, 5.41) is 7.79. The van der Waals surface area contributed by atoms with Gasteiger partial charge in [-0.1, -0.05) is 130 Å². The van der Waals surface area contributed by atoms with Gasteiger partial charge in [-0.25, -0.2) is 4.98 Å². The number of pyridine rings is 1. The Morgan fingerprint density at radius 2 is 1.22 bits per heavy atom. The van der Waals surface area contributed by atoms with E-state index in [0.717, 1.165) is 51.4 Å². The lowest BCUT2D eigenvalue weighted by Gasteiger charge is -2.41. The molecular formula is C53H62N4O. The molecule has 0 atom stereocenters. The van der Waals surface area contributed by atoms with Crippen molar-refractivity contribution < 1.29 is 4.74 Å². The molecular weight excluding hydrogens is 709 g/mol. The van der Waals surface area contributed by atoms with Crippen molar-refractivity contribution in [3.8, 4) is 11.5 Å². The molecule has 1 aromatic heterocycles. The second kappa shape index (κ2) is 14.7. The maximum atomic E-state index is 6.77. The number of anilines is 7. The van der Waals surface area contributed by atoms with E-state index in [4.69, 9.17) is 9.72 Å². The van der Waals surface area contributed by atoms with Gasteiger partial charge in [0.25, 0.3) is 0 Å². The number of para-hydroxylation sites is 1. The van der Waals surface area contributed by atoms with Crippen LogP contribution in [0.5, 0.6) is 11.5 Å². The van der Waals surface area contributed by atoms with Crippen LogP contribution >= 0.6 is 0 Å². The molecule has 0 amide bonds. The molecule has 1 aliphatic rings. The number of ether oxygens (including phenoxy) is 1. The highest BCUT2D eigenvalue weighted by Gasteiger charge is 2.38. The lowest BCUT2D eigenvalue weighted by Crippen LogP contribution is -2.31. The van der Waals surface area contributed by atoms with Gasteiger partial charge in [0.05, 0.1) is 22.7 Å². The standard InChI is InChI=1S/C53H62N4O/c1-33-26-34(2)48(35(3)27-33)56-44-29-37(51(7,8)9)28-43(52(10,11)12)49(44)55-38-18-17-19-39(31-38)58-40-22-23-42-46(32-40)57(45-21-16-15-20-41(45)53(42,13)14)47-30-36(24-25-54-47)50(4,5)6/h15-32,55-56H,1-14H3. The summed E-state index contributed by atoms with van der Waals surface area (Å²) in [6, 6.07) is 37.1. The summed E-state index contributed by atoms with van der Waals surface area (Å²) in [6.07, 6.45) is 1.93. The molecule has 2 heterocycles. The Morgan fingerprint density at radius 1 is 0.569 bits per heavy atom. The minimum absolute atomic E-state index is 0.0171. The van der Waals surface area contributed by atoms with Crippen molar-refractivity contribution in [3.63, 3.8) is 0 Å². The van der Waals surface area contributed by atoms with Gasteiger partial charge in [-0.15, -0.1) is 0 Å². The van der Waals surface area contributed by atoms with Crippen LogP contribution in [-0.2, 0) is 21.7 Å². The van der Waals surface area contributed by atoms with Gasteiger partial charge in [-0.2, -0.15) is 0 Å². The highest BCUT2D eigenvalue weighted by atomic mass is 16.5. The first-order chi connectivity index (χ1) is 27.1. The van der Waals surface area contributed by atoms with Crippen molar-refractivity contribution in [3.05, 3.63) is 154 Å². The lowest BCUT2D eigenvalue weighted by atomic mass is 9.73. The number of benzene rings is 5. The molecule has 6 aromatic rings. The van der Waals surface area contributed by atoms with E-state index in [0.29, 0.717) is 0 Å². The first kappa shape index (κ1) is 40.6. The second-order valence-corrected chi connectivity index (χ2v) is 19.9. The SMILES string of the molecule is Cc1cc(C)c(Nc2cc(C(C)(C)C)cc(C(C)(C)C)c2Nc2cccc(Oc3ccc4c(c3)N(c3cc(C(C)(C)C)ccn3)c3ccccc3C4(C)C)c2)c(C)c1. The summed E-state index contributed by atoms with van der Waals surface area (Å²) in [5.74, 6) is 2.41. The number of aromatic nitrogens is 1. The van der Waals surface area contributed by atoms with Gasteiger partial charge in [-0.05, 0) is 118 Å². The van der Waals surface area contributed by atoms with Crippen LogP contribution < -0.4 is 20.3 Å². The highest BCUT2D eigenvalue weighted by molar-refractivity contribution is 5.86. The van der Waals surface area contributed by atoms with Crippen molar-refractivity contribution >= 4 is 39.9 Å². The predicted molar refractivity (Wildman–Crippen MR) is 247 cm³/mol. The molecule has 0 spiro atoms. The topological polar surface area (TPSA) is 49.4 Å². The molecule has 7 rings (SSSR count). The number of nitrogens with one attached hydrogen (secondary N) is 2. The van der Waals surface area contributed by atoms with E-state index in [9.17, 15) is 0 Å². The molecule has 300 valence electrons. The Hall–Kier alpha value is -5.55. The fraction of sp³-hybridized carbons (Fsp3) is 0.340. The fourth-order valence-corrected chi connectivity index (χ4v) is 8.34. The van der Waals surface area contributed by atoms with Crippen LogP contribution in [0.1, 0.15) is 121 Å². The van der Waals surface area contributed by atoms with Crippen molar-refractivity contribution in [1.29, 1.82) is 0 Å². The Balaban J connectivity index is 1.29. The molecule has 58 heavy (non-hydrogen) atoms. The number of rotatable bonds is 7. The Morgan fingerprint density at radius 3 is 1.90 bits per heavy atom. The van der Waals surface area contributed by atoms with E-state index in [1.54, 1.807) is 0 Å². The largest absolute Gasteiger partial charge is 0.457 e. The molecule has 5 aromatic carbocycles. The molecule has 0 unspecified atom stereocenters. The van der Waals surface area contributed by atoms with Crippen LogP contribution in [0.25, 0.3) is 0 Å². The van der Waals surface area contributed by atoms with Crippen molar-refractivity contribution in [2.45, 2.75) is 119 Å². The quantitative estimate of drug-likeness (QED) is 0.169. The molecule has 0 aliphatic carbocycles. The number of fused-ring (bicyclic) bond motifs is 2. The molecule has 5 nitrogen and oxygen atoms in total. The maximum Gasteiger partial charge on any atom is 0.137 e. The van der Waals surface area contributed by atoms with Crippen LogP contribution in [0.15, 0.2) is 109 Å². The zero-order valence-corrected chi connectivity index (χ0v) is 37.2. The molecule has 0 saturated carbocycles. The monoisotopic (exact) mass is 770 g/mol. The van der Waals surface area contributed by atoms with E-state index >= 15 is 0 Å². The molecule has 0 fully saturated rings. The van der Waals surface area contributed by atoms with Crippen molar-refractivity contribution in [2.24, 2.45) is 0 Å². The summed E-state index contributed by atoms with van der Waals surface area (Å²) < 4.78 is 6.77. The highest BCUT2D eigenvalue weighted by Crippen LogP contribution is 2.53. The van der Waals surface area contributed by atoms with Crippen LogP contribution in [0.3, 0.4) is 0 Å². The summed E-state index contributed by atoms with van der Waals surface area (Å²) in [7, 11) is 0. The third-order valence-corrected chi connectivity index (χ3v) is 11.6. The molecule has 2 N–H and O–H groups in total. The third kappa shape index (κ3) is 7.97. The van der Waals surface area contributed by atoms with Crippen molar-refractivity contribution in [1.82, 2.24) is 4.98 Å². The number of aryl methyl sites for hydroxylation is 3. The Bertz CT molecular complexity index is 2480. The van der Waals surface area contributed by atoms with E-state index in [2.05, 4.69) is 210 Å². The molecule has 0 bridgehead atoms. The van der Waals surface area contributed by atoms with Crippen LogP contribution in [-0.4, -0.2) is 4.98 Å². The van der Waals surface area contributed by atoms with Gasteiger partial charge >= 0.3 is 0 Å². The summed E-state index contributed by atoms with van der Waals surface area (Å²) in [5.41, 5.74) is 16.0. The van der Waals surface area contributed by atoms with Crippen LogP contribution in [0, 0.1) is 20.8 Å². The molecule has 1 aliphatic heterocycles. The average Bonchev–Trinajstić information content (AvgIpc) is 3.12. The summed E-state index contributed by atoms with van der Waals surface area (Å²) in [4.78, 5) is 7.25. The Labute approximate surface area is 347 Å². The van der Waals surface area contributed by atoms with Gasteiger partial charge in [-0.3, -0.25) is 4.90 Å². The van der Waals surface area contributed by atoms with Gasteiger partial charge in [0, 0.05) is 35.1 Å². The smallest absolute Gasteiger partial charge is 0.137 e. The first-order valence-corrected chi connectivity index (χ1v) is 20.7. The molecule has 0 radical (unpaired) electrons. The molecule has 0 saturated heterocycles. The number of nitrogens with zero attached hydrogens (tertiary/aromatic N) is 2. The van der Waals surface area contributed by atoms with E-state index in [-0.39, 0.29) is 21.7 Å². The second-order valence-electron chi connectivity index (χ2n) is 19.9. The van der Waals surface area contributed by atoms with Gasteiger partial charge in [0.1, 0.15) is 17.3 Å². The maximum absolute atomic E-state index is 6.77. The zero-order chi connectivity index (χ0) is 41.9. The van der Waals surface area contributed by atoms with Crippen LogP contribution in [0.2, 0.25) is 0 Å². The molecule has 5 heteroatoms. The zero-order valence-electron chi connectivity index (χ0n) is 37.2. The first-order valence-electron chi connectivity index (χ1n) is 20.7. The number of hydrogen-bond acceptors (Lipinski definition) is 5. The lowest BCUT2D eigenvalue weighted by molar-refractivity contribution is 0.482. The van der Waals surface area contributed by atoms with Gasteiger partial charge < -0.3 is 15.4 Å².